The second kappa shape index (κ2) is 4.52. The van der Waals surface area contributed by atoms with Crippen molar-refractivity contribution >= 4 is 5.69 Å². The van der Waals surface area contributed by atoms with Gasteiger partial charge in [0.15, 0.2) is 0 Å². The van der Waals surface area contributed by atoms with Crippen LogP contribution in [0.1, 0.15) is 39.2 Å². The SMILES string of the molecule is CC(C)(C)CN1CCC2(CC1)CNc1ccccc12. The summed E-state index contributed by atoms with van der Waals surface area (Å²) < 4.78 is 0. The Kier molecular flexibility index (Phi) is 3.09. The van der Waals surface area contributed by atoms with Crippen LogP contribution in [0.4, 0.5) is 5.69 Å². The predicted molar refractivity (Wildman–Crippen MR) is 81.7 cm³/mol. The second-order valence-corrected chi connectivity index (χ2v) is 7.52. The fourth-order valence-electron chi connectivity index (χ4n) is 3.72. The zero-order valence-electron chi connectivity index (χ0n) is 12.5. The van der Waals surface area contributed by atoms with Crippen LogP contribution in [-0.4, -0.2) is 31.1 Å². The van der Waals surface area contributed by atoms with Gasteiger partial charge in [-0.1, -0.05) is 39.0 Å². The standard InChI is InChI=1S/C17H26N2/c1-16(2,3)13-19-10-8-17(9-11-19)12-18-15-7-5-4-6-14(15)17/h4-7,18H,8-13H2,1-3H3. The maximum absolute atomic E-state index is 3.61. The fourth-order valence-corrected chi connectivity index (χ4v) is 3.72. The van der Waals surface area contributed by atoms with Crippen molar-refractivity contribution in [3.05, 3.63) is 29.8 Å². The number of hydrogen-bond donors (Lipinski definition) is 1. The lowest BCUT2D eigenvalue weighted by molar-refractivity contribution is 0.126. The molecule has 19 heavy (non-hydrogen) atoms. The predicted octanol–water partition coefficient (Wildman–Crippen LogP) is 3.49. The Bertz CT molecular complexity index is 451. The molecule has 0 bridgehead atoms. The monoisotopic (exact) mass is 258 g/mol. The van der Waals surface area contributed by atoms with Crippen LogP contribution in [0.2, 0.25) is 0 Å². The molecule has 2 aliphatic rings. The molecule has 1 fully saturated rings. The summed E-state index contributed by atoms with van der Waals surface area (Å²) in [7, 11) is 0. The molecule has 1 N–H and O–H groups in total. The third-order valence-electron chi connectivity index (χ3n) is 4.63. The summed E-state index contributed by atoms with van der Waals surface area (Å²) in [6.07, 6.45) is 2.60. The van der Waals surface area contributed by atoms with Crippen LogP contribution in [0.15, 0.2) is 24.3 Å². The summed E-state index contributed by atoms with van der Waals surface area (Å²) in [6.45, 7) is 11.9. The van der Waals surface area contributed by atoms with E-state index in [1.54, 1.807) is 5.56 Å². The van der Waals surface area contributed by atoms with Gasteiger partial charge >= 0.3 is 0 Å². The van der Waals surface area contributed by atoms with Gasteiger partial charge in [-0.15, -0.1) is 0 Å². The van der Waals surface area contributed by atoms with E-state index in [1.165, 1.54) is 38.2 Å². The highest BCUT2D eigenvalue weighted by Crippen LogP contribution is 2.43. The number of anilines is 1. The molecule has 1 aromatic rings. The van der Waals surface area contributed by atoms with Crippen LogP contribution in [-0.2, 0) is 5.41 Å². The molecule has 1 aromatic carbocycles. The van der Waals surface area contributed by atoms with Gasteiger partial charge in [-0.3, -0.25) is 0 Å². The van der Waals surface area contributed by atoms with Crippen molar-refractivity contribution in [2.75, 3.05) is 31.5 Å². The van der Waals surface area contributed by atoms with Crippen LogP contribution < -0.4 is 5.32 Å². The Morgan fingerprint density at radius 3 is 2.53 bits per heavy atom. The Hall–Kier alpha value is -1.02. The van der Waals surface area contributed by atoms with Crippen molar-refractivity contribution in [1.82, 2.24) is 4.90 Å². The summed E-state index contributed by atoms with van der Waals surface area (Å²) in [5.41, 5.74) is 3.75. The first-order valence-electron chi connectivity index (χ1n) is 7.54. The Balaban J connectivity index is 1.71. The molecule has 0 saturated carbocycles. The summed E-state index contributed by atoms with van der Waals surface area (Å²) in [5, 5.41) is 3.61. The van der Waals surface area contributed by atoms with E-state index in [1.807, 2.05) is 0 Å². The highest BCUT2D eigenvalue weighted by Gasteiger charge is 2.41. The van der Waals surface area contributed by atoms with Crippen molar-refractivity contribution < 1.29 is 0 Å². The zero-order valence-corrected chi connectivity index (χ0v) is 12.5. The summed E-state index contributed by atoms with van der Waals surface area (Å²) in [4.78, 5) is 2.65. The van der Waals surface area contributed by atoms with E-state index in [0.717, 1.165) is 6.54 Å². The van der Waals surface area contributed by atoms with Gasteiger partial charge in [0.05, 0.1) is 0 Å². The average molecular weight is 258 g/mol. The molecule has 2 nitrogen and oxygen atoms in total. The molecular formula is C17H26N2. The fraction of sp³-hybridized carbons (Fsp3) is 0.647. The number of rotatable bonds is 1. The van der Waals surface area contributed by atoms with E-state index in [4.69, 9.17) is 0 Å². The minimum atomic E-state index is 0.408. The lowest BCUT2D eigenvalue weighted by Gasteiger charge is -2.41. The molecule has 2 heterocycles. The van der Waals surface area contributed by atoms with Gasteiger partial charge in [-0.25, -0.2) is 0 Å². The lowest BCUT2D eigenvalue weighted by atomic mass is 9.74. The van der Waals surface area contributed by atoms with Gasteiger partial charge in [-0.05, 0) is 43.0 Å². The Morgan fingerprint density at radius 2 is 1.84 bits per heavy atom. The van der Waals surface area contributed by atoms with Crippen molar-refractivity contribution in [2.24, 2.45) is 5.41 Å². The highest BCUT2D eigenvalue weighted by atomic mass is 15.1. The number of para-hydroxylation sites is 1. The van der Waals surface area contributed by atoms with E-state index < -0.39 is 0 Å². The van der Waals surface area contributed by atoms with Gasteiger partial charge in [0.25, 0.3) is 0 Å². The van der Waals surface area contributed by atoms with Crippen LogP contribution >= 0.6 is 0 Å². The number of nitrogens with one attached hydrogen (secondary N) is 1. The first kappa shape index (κ1) is 13.0. The number of hydrogen-bond acceptors (Lipinski definition) is 2. The maximum Gasteiger partial charge on any atom is 0.0379 e. The largest absolute Gasteiger partial charge is 0.384 e. The van der Waals surface area contributed by atoms with E-state index in [9.17, 15) is 0 Å². The minimum absolute atomic E-state index is 0.408. The summed E-state index contributed by atoms with van der Waals surface area (Å²) in [5.74, 6) is 0. The molecule has 3 rings (SSSR count). The van der Waals surface area contributed by atoms with Crippen LogP contribution in [0.5, 0.6) is 0 Å². The molecule has 2 heteroatoms. The molecule has 1 spiro atoms. The molecule has 0 radical (unpaired) electrons. The molecule has 0 aromatic heterocycles. The highest BCUT2D eigenvalue weighted by molar-refractivity contribution is 5.60. The number of benzene rings is 1. The van der Waals surface area contributed by atoms with Crippen molar-refractivity contribution in [3.8, 4) is 0 Å². The van der Waals surface area contributed by atoms with E-state index >= 15 is 0 Å². The number of likely N-dealkylation sites (tertiary alicyclic amines) is 1. The lowest BCUT2D eigenvalue weighted by Crippen LogP contribution is -2.46. The molecule has 2 aliphatic heterocycles. The van der Waals surface area contributed by atoms with Gasteiger partial charge in [0.2, 0.25) is 0 Å². The molecule has 0 aliphatic carbocycles. The van der Waals surface area contributed by atoms with Gasteiger partial charge in [0.1, 0.15) is 0 Å². The summed E-state index contributed by atoms with van der Waals surface area (Å²) in [6, 6.07) is 8.88. The normalized spacial score (nSPS) is 22.3. The van der Waals surface area contributed by atoms with Gasteiger partial charge in [0, 0.05) is 24.2 Å². The summed E-state index contributed by atoms with van der Waals surface area (Å²) >= 11 is 0. The zero-order chi connectivity index (χ0) is 13.5. The second-order valence-electron chi connectivity index (χ2n) is 7.52. The number of fused-ring (bicyclic) bond motifs is 2. The average Bonchev–Trinajstić information content (AvgIpc) is 2.71. The smallest absolute Gasteiger partial charge is 0.0379 e. The molecular weight excluding hydrogens is 232 g/mol. The number of nitrogens with zero attached hydrogens (tertiary/aromatic N) is 1. The van der Waals surface area contributed by atoms with Gasteiger partial charge in [-0.2, -0.15) is 0 Å². The van der Waals surface area contributed by atoms with E-state index in [2.05, 4.69) is 55.3 Å². The first-order valence-corrected chi connectivity index (χ1v) is 7.54. The third-order valence-corrected chi connectivity index (χ3v) is 4.63. The Labute approximate surface area is 117 Å². The van der Waals surface area contributed by atoms with Gasteiger partial charge < -0.3 is 10.2 Å². The van der Waals surface area contributed by atoms with E-state index in [0.29, 0.717) is 10.8 Å². The first-order chi connectivity index (χ1) is 8.99. The quantitative estimate of drug-likeness (QED) is 0.829. The molecule has 0 atom stereocenters. The minimum Gasteiger partial charge on any atom is -0.384 e. The van der Waals surface area contributed by atoms with Crippen LogP contribution in [0.3, 0.4) is 0 Å². The third kappa shape index (κ3) is 2.51. The van der Waals surface area contributed by atoms with Crippen LogP contribution in [0, 0.1) is 5.41 Å². The number of piperidine rings is 1. The van der Waals surface area contributed by atoms with E-state index in [-0.39, 0.29) is 0 Å². The molecule has 0 amide bonds. The molecule has 0 unspecified atom stereocenters. The Morgan fingerprint density at radius 1 is 1.16 bits per heavy atom. The topological polar surface area (TPSA) is 15.3 Å². The molecule has 104 valence electrons. The molecule has 1 saturated heterocycles. The maximum atomic E-state index is 3.61. The van der Waals surface area contributed by atoms with Crippen molar-refractivity contribution in [2.45, 2.75) is 39.0 Å². The van der Waals surface area contributed by atoms with Crippen LogP contribution in [0.25, 0.3) is 0 Å². The van der Waals surface area contributed by atoms with Crippen molar-refractivity contribution in [1.29, 1.82) is 0 Å². The van der Waals surface area contributed by atoms with Crippen molar-refractivity contribution in [3.63, 3.8) is 0 Å².